The Labute approximate surface area is 142 Å². The van der Waals surface area contributed by atoms with Crippen LogP contribution in [0.2, 0.25) is 0 Å². The Morgan fingerprint density at radius 3 is 1.54 bits per heavy atom. The molecule has 0 amide bonds. The van der Waals surface area contributed by atoms with Crippen LogP contribution >= 0.6 is 12.2 Å². The van der Waals surface area contributed by atoms with E-state index in [0.29, 0.717) is 20.8 Å². The van der Waals surface area contributed by atoms with E-state index in [2.05, 4.69) is 12.2 Å². The highest BCUT2D eigenvalue weighted by molar-refractivity contribution is 7.82. The van der Waals surface area contributed by atoms with Gasteiger partial charge in [0.2, 0.25) is 11.2 Å². The average molecular weight is 364 g/mol. The van der Waals surface area contributed by atoms with Crippen LogP contribution < -0.4 is 0 Å². The molecule has 0 saturated carbocycles. The van der Waals surface area contributed by atoms with Gasteiger partial charge in [0, 0.05) is 0 Å². The highest BCUT2D eigenvalue weighted by atomic mass is 32.1. The Bertz CT molecular complexity index is 601. The third kappa shape index (κ3) is 2.85. The first-order valence-corrected chi connectivity index (χ1v) is 7.12. The van der Waals surface area contributed by atoms with Crippen molar-refractivity contribution in [1.29, 1.82) is 0 Å². The summed E-state index contributed by atoms with van der Waals surface area (Å²) < 4.78 is 0. The fourth-order valence-electron chi connectivity index (χ4n) is 2.50. The lowest BCUT2D eigenvalue weighted by Gasteiger charge is -2.49. The van der Waals surface area contributed by atoms with Crippen molar-refractivity contribution < 1.29 is 44.7 Å². The highest BCUT2D eigenvalue weighted by Gasteiger charge is 2.73. The molecule has 0 aliphatic carbocycles. The van der Waals surface area contributed by atoms with Crippen LogP contribution in [0.3, 0.4) is 0 Å². The molecule has 0 rings (SSSR count). The molecule has 10 heteroatoms. The number of aliphatic hydroxyl groups is 5. The van der Waals surface area contributed by atoms with Crippen LogP contribution in [0.5, 0.6) is 0 Å². The van der Waals surface area contributed by atoms with E-state index in [4.69, 9.17) is 5.11 Å². The van der Waals surface area contributed by atoms with Crippen LogP contribution in [0.4, 0.5) is 0 Å². The smallest absolute Gasteiger partial charge is 0.202 e. The van der Waals surface area contributed by atoms with Gasteiger partial charge in [0.15, 0.2) is 28.7 Å². The van der Waals surface area contributed by atoms with Crippen molar-refractivity contribution in [3.8, 4) is 0 Å². The molecule has 0 aromatic carbocycles. The van der Waals surface area contributed by atoms with Crippen LogP contribution in [0.25, 0.3) is 0 Å². The van der Waals surface area contributed by atoms with Gasteiger partial charge in [-0.15, -0.1) is 0 Å². The monoisotopic (exact) mass is 364 g/mol. The van der Waals surface area contributed by atoms with Crippen molar-refractivity contribution in [3.05, 3.63) is 0 Å². The quantitative estimate of drug-likeness (QED) is 0.270. The van der Waals surface area contributed by atoms with Crippen molar-refractivity contribution >= 4 is 40.2 Å². The molecule has 9 nitrogen and oxygen atoms in total. The van der Waals surface area contributed by atoms with E-state index < -0.39 is 57.5 Å². The summed E-state index contributed by atoms with van der Waals surface area (Å²) in [6, 6.07) is 0. The largest absolute Gasteiger partial charge is 0.394 e. The predicted octanol–water partition coefficient (Wildman–Crippen LogP) is -2.74. The molecule has 0 aliphatic heterocycles. The number of hydrogen-bond acceptors (Lipinski definition) is 10. The number of ketones is 4. The molecule has 0 unspecified atom stereocenters. The minimum atomic E-state index is -3.72. The lowest BCUT2D eigenvalue weighted by molar-refractivity contribution is -0.237. The molecule has 0 saturated heterocycles. The molecule has 0 spiro atoms. The van der Waals surface area contributed by atoms with E-state index >= 15 is 0 Å². The standard InChI is InChI=1S/C14H20O9S/c1-6(16)11(24)13(22,8(3)18)14(23,9(4)19)12(21,7(2)17)10(20)5-15/h10,15,20-23H,5H2,1-4H3/t10-,12+,13+,14+/m1/s1. The number of carbonyl (C=O) groups excluding carboxylic acids is 4. The SMILES string of the molecule is CC(=O)C(=S)[C@@](O)(C(C)=O)[C@](O)(C(C)=O)[C@](O)(C(C)=O)[C@H](O)CO. The topological polar surface area (TPSA) is 169 Å². The maximum Gasteiger partial charge on any atom is 0.202 e. The second kappa shape index (κ2) is 7.21. The normalized spacial score (nSPS) is 20.0. The molecule has 0 aromatic rings. The summed E-state index contributed by atoms with van der Waals surface area (Å²) in [5, 5.41) is 50.9. The van der Waals surface area contributed by atoms with Crippen LogP contribution in [-0.4, -0.2) is 83.0 Å². The second-order valence-electron chi connectivity index (χ2n) is 5.44. The Morgan fingerprint density at radius 2 is 1.33 bits per heavy atom. The summed E-state index contributed by atoms with van der Waals surface area (Å²) in [7, 11) is 0. The number of carbonyl (C=O) groups is 4. The van der Waals surface area contributed by atoms with Crippen molar-refractivity contribution in [1.82, 2.24) is 0 Å². The fraction of sp³-hybridized carbons (Fsp3) is 0.643. The summed E-state index contributed by atoms with van der Waals surface area (Å²) >= 11 is 4.64. The summed E-state index contributed by atoms with van der Waals surface area (Å²) in [5.74, 6) is -5.50. The maximum absolute atomic E-state index is 12.1. The molecular weight excluding hydrogens is 344 g/mol. The molecule has 24 heavy (non-hydrogen) atoms. The van der Waals surface area contributed by atoms with Gasteiger partial charge in [-0.3, -0.25) is 19.2 Å². The summed E-state index contributed by atoms with van der Waals surface area (Å²) in [5.41, 5.74) is -10.7. The molecule has 136 valence electrons. The summed E-state index contributed by atoms with van der Waals surface area (Å²) in [6.07, 6.45) is -2.47. The number of hydrogen-bond donors (Lipinski definition) is 5. The third-order valence-corrected chi connectivity index (χ3v) is 4.52. The van der Waals surface area contributed by atoms with Crippen molar-refractivity contribution in [3.63, 3.8) is 0 Å². The van der Waals surface area contributed by atoms with Crippen LogP contribution in [-0.2, 0) is 19.2 Å². The molecule has 0 fully saturated rings. The van der Waals surface area contributed by atoms with E-state index in [1.165, 1.54) is 0 Å². The van der Waals surface area contributed by atoms with Gasteiger partial charge in [0.05, 0.1) is 6.61 Å². The van der Waals surface area contributed by atoms with E-state index in [1.807, 2.05) is 0 Å². The molecule has 0 heterocycles. The molecule has 0 aromatic heterocycles. The summed E-state index contributed by atoms with van der Waals surface area (Å²) in [4.78, 5) is 46.4. The first-order valence-electron chi connectivity index (χ1n) is 6.71. The molecular formula is C14H20O9S. The van der Waals surface area contributed by atoms with Gasteiger partial charge < -0.3 is 25.5 Å². The number of thiocarbonyl (C=S) groups is 1. The highest BCUT2D eigenvalue weighted by Crippen LogP contribution is 2.39. The number of aliphatic hydroxyl groups excluding tert-OH is 2. The Kier molecular flexibility index (Phi) is 6.78. The molecule has 0 aliphatic rings. The van der Waals surface area contributed by atoms with Crippen LogP contribution in [0, 0.1) is 0 Å². The van der Waals surface area contributed by atoms with Crippen molar-refractivity contribution in [2.45, 2.75) is 50.6 Å². The van der Waals surface area contributed by atoms with Gasteiger partial charge in [-0.05, 0) is 27.7 Å². The van der Waals surface area contributed by atoms with Crippen LogP contribution in [0.1, 0.15) is 27.7 Å². The van der Waals surface area contributed by atoms with Gasteiger partial charge in [0.1, 0.15) is 11.0 Å². The van der Waals surface area contributed by atoms with E-state index in [9.17, 15) is 39.6 Å². The number of rotatable bonds is 9. The average Bonchev–Trinajstić information content (AvgIpc) is 2.49. The zero-order chi connectivity index (χ0) is 19.7. The minimum Gasteiger partial charge on any atom is -0.394 e. The van der Waals surface area contributed by atoms with Gasteiger partial charge in [0.25, 0.3) is 0 Å². The lowest BCUT2D eigenvalue weighted by atomic mass is 9.62. The molecule has 5 N–H and O–H groups in total. The van der Waals surface area contributed by atoms with Crippen molar-refractivity contribution in [2.24, 2.45) is 0 Å². The van der Waals surface area contributed by atoms with Gasteiger partial charge in [-0.2, -0.15) is 0 Å². The summed E-state index contributed by atoms with van der Waals surface area (Å²) in [6.45, 7) is 1.42. The van der Waals surface area contributed by atoms with E-state index in [1.54, 1.807) is 0 Å². The molecule has 0 radical (unpaired) electrons. The second-order valence-corrected chi connectivity index (χ2v) is 5.85. The molecule has 4 atom stereocenters. The maximum atomic E-state index is 12.1. The zero-order valence-electron chi connectivity index (χ0n) is 13.6. The Hall–Kier alpha value is -1.43. The Morgan fingerprint density at radius 1 is 0.917 bits per heavy atom. The van der Waals surface area contributed by atoms with Crippen LogP contribution in [0.15, 0.2) is 0 Å². The Balaban J connectivity index is 7.11. The first-order chi connectivity index (χ1) is 10.7. The first kappa shape index (κ1) is 22.6. The minimum absolute atomic E-state index is 0.606. The zero-order valence-corrected chi connectivity index (χ0v) is 14.4. The third-order valence-electron chi connectivity index (χ3n) is 3.93. The predicted molar refractivity (Wildman–Crippen MR) is 83.3 cm³/mol. The van der Waals surface area contributed by atoms with Gasteiger partial charge in [-0.1, -0.05) is 12.2 Å². The van der Waals surface area contributed by atoms with E-state index in [-0.39, 0.29) is 0 Å². The van der Waals surface area contributed by atoms with Gasteiger partial charge >= 0.3 is 0 Å². The lowest BCUT2D eigenvalue weighted by Crippen LogP contribution is -2.81. The van der Waals surface area contributed by atoms with Crippen molar-refractivity contribution in [2.75, 3.05) is 6.61 Å². The van der Waals surface area contributed by atoms with Gasteiger partial charge in [-0.25, -0.2) is 0 Å². The van der Waals surface area contributed by atoms with E-state index in [0.717, 1.165) is 6.92 Å². The fourth-order valence-corrected chi connectivity index (χ4v) is 2.79. The number of Topliss-reactive ketones (excluding diaryl/α,β-unsaturated/α-hetero) is 4. The molecule has 0 bridgehead atoms.